The van der Waals surface area contributed by atoms with Crippen LogP contribution in [0.4, 0.5) is 0 Å². The molecule has 0 bridgehead atoms. The summed E-state index contributed by atoms with van der Waals surface area (Å²) in [6.45, 7) is 6.91. The number of hydrogen-bond acceptors (Lipinski definition) is 2. The zero-order valence-electron chi connectivity index (χ0n) is 24.2. The van der Waals surface area contributed by atoms with E-state index in [-0.39, 0.29) is 0 Å². The van der Waals surface area contributed by atoms with Crippen molar-refractivity contribution in [3.8, 4) is 11.3 Å². The van der Waals surface area contributed by atoms with Gasteiger partial charge in [-0.05, 0) is 0 Å². The second-order valence-corrected chi connectivity index (χ2v) is 21.0. The SMILES string of the molecule is Cc1[c]([Ge]([c]2ccccc2)([c]2ccccc2)[c]2ccccc2)sc2c(-c3cc(C(C)C)c4ccccc4c3)nccc12. The zero-order valence-corrected chi connectivity index (χ0v) is 27.1. The Morgan fingerprint density at radius 2 is 1.17 bits per heavy atom. The van der Waals surface area contributed by atoms with E-state index < -0.39 is 13.3 Å². The molecule has 0 radical (unpaired) electrons. The van der Waals surface area contributed by atoms with Gasteiger partial charge < -0.3 is 0 Å². The van der Waals surface area contributed by atoms with E-state index in [4.69, 9.17) is 4.98 Å². The van der Waals surface area contributed by atoms with E-state index in [0.29, 0.717) is 5.92 Å². The van der Waals surface area contributed by atoms with E-state index in [1.165, 1.54) is 54.4 Å². The van der Waals surface area contributed by atoms with E-state index >= 15 is 0 Å². The van der Waals surface area contributed by atoms with Crippen molar-refractivity contribution in [1.29, 1.82) is 0 Å². The van der Waals surface area contributed by atoms with Crippen molar-refractivity contribution in [3.05, 3.63) is 151 Å². The molecule has 0 aliphatic heterocycles. The van der Waals surface area contributed by atoms with Crippen LogP contribution in [0, 0.1) is 6.92 Å². The number of fused-ring (bicyclic) bond motifs is 2. The second-order valence-electron chi connectivity index (χ2n) is 11.4. The Balaban J connectivity index is 1.57. The number of aromatic nitrogens is 1. The molecule has 3 heteroatoms. The molecule has 2 heterocycles. The van der Waals surface area contributed by atoms with Crippen LogP contribution in [0.25, 0.3) is 32.1 Å². The van der Waals surface area contributed by atoms with Gasteiger partial charge in [-0.2, -0.15) is 0 Å². The van der Waals surface area contributed by atoms with Gasteiger partial charge in [0.05, 0.1) is 0 Å². The Morgan fingerprint density at radius 1 is 0.619 bits per heavy atom. The molecule has 0 saturated carbocycles. The maximum absolute atomic E-state index is 5.07. The Kier molecular flexibility index (Phi) is 7.05. The van der Waals surface area contributed by atoms with Crippen LogP contribution in [-0.2, 0) is 0 Å². The summed E-state index contributed by atoms with van der Waals surface area (Å²) >= 11 is -1.41. The Labute approximate surface area is 254 Å². The van der Waals surface area contributed by atoms with E-state index in [0.717, 1.165) is 5.69 Å². The number of pyridine rings is 1. The van der Waals surface area contributed by atoms with Gasteiger partial charge in [-0.25, -0.2) is 0 Å². The topological polar surface area (TPSA) is 12.9 Å². The van der Waals surface area contributed by atoms with Crippen LogP contribution in [0.5, 0.6) is 0 Å². The van der Waals surface area contributed by atoms with Crippen LogP contribution in [0.15, 0.2) is 140 Å². The summed E-state index contributed by atoms with van der Waals surface area (Å²) < 4.78 is 7.16. The molecule has 0 unspecified atom stereocenters. The summed E-state index contributed by atoms with van der Waals surface area (Å²) in [7, 11) is 0. The molecular weight excluding hydrogens is 587 g/mol. The van der Waals surface area contributed by atoms with Crippen LogP contribution in [-0.4, -0.2) is 18.3 Å². The van der Waals surface area contributed by atoms with Gasteiger partial charge in [0, 0.05) is 0 Å². The number of hydrogen-bond donors (Lipinski definition) is 0. The fraction of sp³-hybridized carbons (Fsp3) is 0.103. The summed E-state index contributed by atoms with van der Waals surface area (Å²) in [5, 5.41) is 3.92. The molecule has 5 aromatic carbocycles. The average molecular weight is 620 g/mol. The van der Waals surface area contributed by atoms with E-state index in [1.54, 1.807) is 0 Å². The minimum atomic E-state index is -3.39. The number of thiophene rings is 1. The molecular formula is C39H33GeNS. The molecule has 0 amide bonds. The van der Waals surface area contributed by atoms with E-state index in [9.17, 15) is 0 Å². The molecule has 204 valence electrons. The van der Waals surface area contributed by atoms with Crippen molar-refractivity contribution >= 4 is 62.4 Å². The molecule has 0 spiro atoms. The zero-order chi connectivity index (χ0) is 28.7. The first kappa shape index (κ1) is 26.9. The van der Waals surface area contributed by atoms with Crippen LogP contribution in [0.1, 0.15) is 30.9 Å². The summed E-state index contributed by atoms with van der Waals surface area (Å²) in [4.78, 5) is 5.07. The predicted molar refractivity (Wildman–Crippen MR) is 185 cm³/mol. The summed E-state index contributed by atoms with van der Waals surface area (Å²) in [6, 6.07) is 49.5. The number of aryl methyl sites for hydroxylation is 1. The summed E-state index contributed by atoms with van der Waals surface area (Å²) in [5.41, 5.74) is 5.05. The standard InChI is InChI=1S/C39H33GeNS/c1-27(2)36-26-30(25-29-15-13-14-22-35(29)36)37-38-34(23-24-41-37)28(3)39(42-38)40(31-16-7-4-8-17-31,32-18-9-5-10-19-32)33-20-11-6-12-21-33/h4-27H,1-3H3. The van der Waals surface area contributed by atoms with Gasteiger partial charge in [-0.1, -0.05) is 0 Å². The molecule has 0 fully saturated rings. The molecule has 42 heavy (non-hydrogen) atoms. The maximum atomic E-state index is 5.07. The average Bonchev–Trinajstić information content (AvgIpc) is 3.39. The van der Waals surface area contributed by atoms with Crippen molar-refractivity contribution in [1.82, 2.24) is 4.98 Å². The molecule has 0 aliphatic carbocycles. The molecule has 7 aromatic rings. The third-order valence-corrected chi connectivity index (χ3v) is 21.7. The van der Waals surface area contributed by atoms with Crippen LogP contribution >= 0.6 is 11.3 Å². The number of rotatable bonds is 6. The minimum absolute atomic E-state index is 0.423. The van der Waals surface area contributed by atoms with Crippen molar-refractivity contribution in [2.45, 2.75) is 26.7 Å². The van der Waals surface area contributed by atoms with Crippen LogP contribution in [0.2, 0.25) is 0 Å². The van der Waals surface area contributed by atoms with Gasteiger partial charge in [0.15, 0.2) is 0 Å². The van der Waals surface area contributed by atoms with Crippen molar-refractivity contribution in [2.75, 3.05) is 0 Å². The fourth-order valence-electron chi connectivity index (χ4n) is 6.62. The van der Waals surface area contributed by atoms with E-state index in [1.807, 2.05) is 17.5 Å². The molecule has 7 rings (SSSR count). The Hall–Kier alpha value is -3.99. The first-order valence-corrected chi connectivity index (χ1v) is 19.7. The first-order chi connectivity index (χ1) is 20.6. The van der Waals surface area contributed by atoms with Gasteiger partial charge in [-0.15, -0.1) is 0 Å². The van der Waals surface area contributed by atoms with Crippen LogP contribution < -0.4 is 16.9 Å². The van der Waals surface area contributed by atoms with Gasteiger partial charge in [0.25, 0.3) is 0 Å². The number of nitrogens with zero attached hydrogens (tertiary/aromatic N) is 1. The monoisotopic (exact) mass is 621 g/mol. The van der Waals surface area contributed by atoms with Gasteiger partial charge in [0.1, 0.15) is 0 Å². The Morgan fingerprint density at radius 3 is 1.74 bits per heavy atom. The molecule has 0 atom stereocenters. The van der Waals surface area contributed by atoms with Crippen molar-refractivity contribution in [3.63, 3.8) is 0 Å². The third-order valence-electron chi connectivity index (χ3n) is 8.60. The van der Waals surface area contributed by atoms with Gasteiger partial charge in [0.2, 0.25) is 0 Å². The fourth-order valence-corrected chi connectivity index (χ4v) is 20.9. The molecule has 0 aliphatic rings. The van der Waals surface area contributed by atoms with Gasteiger partial charge in [-0.3, -0.25) is 0 Å². The van der Waals surface area contributed by atoms with Crippen molar-refractivity contribution in [2.24, 2.45) is 0 Å². The molecule has 1 nitrogen and oxygen atoms in total. The normalized spacial score (nSPS) is 11.9. The first-order valence-electron chi connectivity index (χ1n) is 14.7. The third kappa shape index (κ3) is 4.33. The van der Waals surface area contributed by atoms with E-state index in [2.05, 4.69) is 154 Å². The summed E-state index contributed by atoms with van der Waals surface area (Å²) in [5.74, 6) is 0.423. The van der Waals surface area contributed by atoms with Gasteiger partial charge >= 0.3 is 256 Å². The molecule has 0 N–H and O–H groups in total. The van der Waals surface area contributed by atoms with Crippen molar-refractivity contribution < 1.29 is 0 Å². The van der Waals surface area contributed by atoms with Crippen LogP contribution in [0.3, 0.4) is 0 Å². The second kappa shape index (κ2) is 11.0. The quantitative estimate of drug-likeness (QED) is 0.172. The molecule has 2 aromatic heterocycles. The molecule has 0 saturated heterocycles. The Bertz CT molecular complexity index is 1910. The predicted octanol–water partition coefficient (Wildman–Crippen LogP) is 7.93. The summed E-state index contributed by atoms with van der Waals surface area (Å²) in [6.07, 6.45) is 2.01. The number of benzene rings is 5.